The molecular formula is C12H16INO2S. The van der Waals surface area contributed by atoms with E-state index >= 15 is 0 Å². The first kappa shape index (κ1) is 13.3. The van der Waals surface area contributed by atoms with E-state index in [0.717, 1.165) is 29.3 Å². The molecule has 0 bridgehead atoms. The molecule has 1 fully saturated rings. The highest BCUT2D eigenvalue weighted by Gasteiger charge is 2.24. The zero-order valence-corrected chi connectivity index (χ0v) is 12.6. The van der Waals surface area contributed by atoms with Crippen molar-refractivity contribution in [2.45, 2.75) is 30.6 Å². The van der Waals surface area contributed by atoms with Crippen LogP contribution in [0.2, 0.25) is 0 Å². The Morgan fingerprint density at radius 2 is 1.47 bits per heavy atom. The maximum atomic E-state index is 12.4. The van der Waals surface area contributed by atoms with Gasteiger partial charge in [0.05, 0.1) is 4.90 Å². The van der Waals surface area contributed by atoms with E-state index in [1.165, 1.54) is 0 Å². The lowest BCUT2D eigenvalue weighted by atomic mass is 10.2. The smallest absolute Gasteiger partial charge is 0.207 e. The summed E-state index contributed by atoms with van der Waals surface area (Å²) in [6.45, 7) is 1.32. The second kappa shape index (κ2) is 5.67. The van der Waals surface area contributed by atoms with Crippen LogP contribution in [0, 0.1) is 3.57 Å². The van der Waals surface area contributed by atoms with Crippen LogP contribution in [0.1, 0.15) is 25.7 Å². The number of sulfonamides is 1. The topological polar surface area (TPSA) is 37.4 Å². The third-order valence-corrected chi connectivity index (χ3v) is 5.65. The Kier molecular flexibility index (Phi) is 4.43. The minimum atomic E-state index is -3.27. The van der Waals surface area contributed by atoms with Crippen molar-refractivity contribution in [1.82, 2.24) is 4.31 Å². The Morgan fingerprint density at radius 1 is 0.941 bits per heavy atom. The minimum Gasteiger partial charge on any atom is -0.207 e. The highest BCUT2D eigenvalue weighted by molar-refractivity contribution is 14.1. The van der Waals surface area contributed by atoms with Crippen LogP contribution in [-0.2, 0) is 10.0 Å². The number of hydrogen-bond acceptors (Lipinski definition) is 2. The minimum absolute atomic E-state index is 0.416. The molecule has 1 saturated heterocycles. The van der Waals surface area contributed by atoms with Crippen LogP contribution in [0.4, 0.5) is 0 Å². The molecule has 1 aromatic rings. The van der Waals surface area contributed by atoms with Gasteiger partial charge in [-0.05, 0) is 59.7 Å². The van der Waals surface area contributed by atoms with Gasteiger partial charge < -0.3 is 0 Å². The third-order valence-electron chi connectivity index (χ3n) is 3.02. The Labute approximate surface area is 116 Å². The first-order valence-corrected chi connectivity index (χ1v) is 8.38. The molecule has 1 aliphatic rings. The zero-order valence-electron chi connectivity index (χ0n) is 9.60. The molecule has 0 amide bonds. The van der Waals surface area contributed by atoms with Gasteiger partial charge in [0, 0.05) is 16.7 Å². The summed E-state index contributed by atoms with van der Waals surface area (Å²) in [5.41, 5.74) is 0. The number of halogens is 1. The van der Waals surface area contributed by atoms with Crippen molar-refractivity contribution in [2.75, 3.05) is 13.1 Å². The van der Waals surface area contributed by atoms with Crippen LogP contribution in [0.15, 0.2) is 29.2 Å². The lowest BCUT2D eigenvalue weighted by Gasteiger charge is -2.19. The maximum absolute atomic E-state index is 12.4. The predicted octanol–water partition coefficient (Wildman–Crippen LogP) is 2.86. The molecule has 0 N–H and O–H groups in total. The summed E-state index contributed by atoms with van der Waals surface area (Å²) in [7, 11) is -3.27. The van der Waals surface area contributed by atoms with Crippen LogP contribution in [0.25, 0.3) is 0 Å². The highest BCUT2D eigenvalue weighted by atomic mass is 127. The quantitative estimate of drug-likeness (QED) is 0.756. The molecule has 94 valence electrons. The average molecular weight is 365 g/mol. The number of hydrogen-bond donors (Lipinski definition) is 0. The summed E-state index contributed by atoms with van der Waals surface area (Å²) in [6.07, 6.45) is 4.23. The molecule has 0 atom stereocenters. The van der Waals surface area contributed by atoms with Gasteiger partial charge in [0.25, 0.3) is 0 Å². The van der Waals surface area contributed by atoms with E-state index in [0.29, 0.717) is 18.0 Å². The molecule has 1 aromatic carbocycles. The monoisotopic (exact) mass is 365 g/mol. The van der Waals surface area contributed by atoms with E-state index in [1.807, 2.05) is 12.1 Å². The fourth-order valence-corrected chi connectivity index (χ4v) is 3.91. The average Bonchev–Trinajstić information content (AvgIpc) is 2.58. The summed E-state index contributed by atoms with van der Waals surface area (Å²) in [4.78, 5) is 0.416. The third kappa shape index (κ3) is 3.20. The first-order valence-electron chi connectivity index (χ1n) is 5.86. The van der Waals surface area contributed by atoms with Gasteiger partial charge in [0.2, 0.25) is 10.0 Å². The van der Waals surface area contributed by atoms with Gasteiger partial charge in [0.15, 0.2) is 0 Å². The first-order chi connectivity index (χ1) is 8.10. The number of benzene rings is 1. The highest BCUT2D eigenvalue weighted by Crippen LogP contribution is 2.20. The van der Waals surface area contributed by atoms with Crippen LogP contribution >= 0.6 is 22.6 Å². The lowest BCUT2D eigenvalue weighted by Crippen LogP contribution is -2.31. The van der Waals surface area contributed by atoms with Crippen molar-refractivity contribution in [3.05, 3.63) is 27.8 Å². The van der Waals surface area contributed by atoms with Gasteiger partial charge in [-0.25, -0.2) is 8.42 Å². The number of rotatable bonds is 2. The molecule has 17 heavy (non-hydrogen) atoms. The largest absolute Gasteiger partial charge is 0.243 e. The van der Waals surface area contributed by atoms with Gasteiger partial charge in [-0.2, -0.15) is 4.31 Å². The van der Waals surface area contributed by atoms with Crippen molar-refractivity contribution in [1.29, 1.82) is 0 Å². The Balaban J connectivity index is 2.25. The molecule has 2 rings (SSSR count). The Hall–Kier alpha value is -0.140. The Morgan fingerprint density at radius 3 is 2.00 bits per heavy atom. The summed E-state index contributed by atoms with van der Waals surface area (Å²) in [5, 5.41) is 0. The van der Waals surface area contributed by atoms with Gasteiger partial charge >= 0.3 is 0 Å². The molecule has 0 radical (unpaired) electrons. The van der Waals surface area contributed by atoms with E-state index in [9.17, 15) is 8.42 Å². The molecule has 0 spiro atoms. The SMILES string of the molecule is O=S(=O)(c1ccc(I)cc1)N1CCCCCC1. The molecule has 0 unspecified atom stereocenters. The second-order valence-electron chi connectivity index (χ2n) is 4.27. The maximum Gasteiger partial charge on any atom is 0.243 e. The van der Waals surface area contributed by atoms with Crippen molar-refractivity contribution < 1.29 is 8.42 Å². The van der Waals surface area contributed by atoms with Crippen molar-refractivity contribution >= 4 is 32.6 Å². The summed E-state index contributed by atoms with van der Waals surface area (Å²) in [5.74, 6) is 0. The Bertz CT molecular complexity index is 462. The molecular weight excluding hydrogens is 349 g/mol. The van der Waals surface area contributed by atoms with Crippen LogP contribution in [-0.4, -0.2) is 25.8 Å². The standard InChI is InChI=1S/C12H16INO2S/c13-11-5-7-12(8-6-11)17(15,16)14-9-3-1-2-4-10-14/h5-8H,1-4,9-10H2. The van der Waals surface area contributed by atoms with E-state index < -0.39 is 10.0 Å². The van der Waals surface area contributed by atoms with E-state index in [4.69, 9.17) is 0 Å². The van der Waals surface area contributed by atoms with Crippen molar-refractivity contribution in [2.24, 2.45) is 0 Å². The normalized spacial score (nSPS) is 18.9. The van der Waals surface area contributed by atoms with Crippen LogP contribution in [0.5, 0.6) is 0 Å². The zero-order chi connectivity index (χ0) is 12.3. The molecule has 0 saturated carbocycles. The summed E-state index contributed by atoms with van der Waals surface area (Å²) >= 11 is 2.18. The van der Waals surface area contributed by atoms with Crippen molar-refractivity contribution in [3.63, 3.8) is 0 Å². The molecule has 0 aromatic heterocycles. The van der Waals surface area contributed by atoms with Gasteiger partial charge in [0.1, 0.15) is 0 Å². The molecule has 3 nitrogen and oxygen atoms in total. The summed E-state index contributed by atoms with van der Waals surface area (Å²) in [6, 6.07) is 7.07. The van der Waals surface area contributed by atoms with Crippen LogP contribution in [0.3, 0.4) is 0 Å². The van der Waals surface area contributed by atoms with E-state index in [2.05, 4.69) is 22.6 Å². The molecule has 5 heteroatoms. The molecule has 1 heterocycles. The number of nitrogens with zero attached hydrogens (tertiary/aromatic N) is 1. The van der Waals surface area contributed by atoms with Gasteiger partial charge in [-0.3, -0.25) is 0 Å². The van der Waals surface area contributed by atoms with Crippen molar-refractivity contribution in [3.8, 4) is 0 Å². The van der Waals surface area contributed by atoms with E-state index in [-0.39, 0.29) is 0 Å². The van der Waals surface area contributed by atoms with Crippen LogP contribution < -0.4 is 0 Å². The second-order valence-corrected chi connectivity index (χ2v) is 7.46. The fourth-order valence-electron chi connectivity index (χ4n) is 2.04. The lowest BCUT2D eigenvalue weighted by molar-refractivity contribution is 0.423. The van der Waals surface area contributed by atoms with E-state index in [1.54, 1.807) is 16.4 Å². The van der Waals surface area contributed by atoms with Gasteiger partial charge in [-0.15, -0.1) is 0 Å². The fraction of sp³-hybridized carbons (Fsp3) is 0.500. The molecule has 0 aliphatic carbocycles. The predicted molar refractivity (Wildman–Crippen MR) is 76.4 cm³/mol. The molecule has 1 aliphatic heterocycles. The summed E-state index contributed by atoms with van der Waals surface area (Å²) < 4.78 is 27.4. The van der Waals surface area contributed by atoms with Gasteiger partial charge in [-0.1, -0.05) is 12.8 Å².